The molecule has 0 spiro atoms. The number of hydrogen-bond acceptors (Lipinski definition) is 3. The third-order valence-corrected chi connectivity index (χ3v) is 3.62. The third kappa shape index (κ3) is 1.86. The highest BCUT2D eigenvalue weighted by Gasteiger charge is 2.26. The van der Waals surface area contributed by atoms with E-state index in [2.05, 4.69) is 41.2 Å². The van der Waals surface area contributed by atoms with Crippen molar-refractivity contribution < 1.29 is 0 Å². The highest BCUT2D eigenvalue weighted by molar-refractivity contribution is 5.40. The molecule has 0 amide bonds. The van der Waals surface area contributed by atoms with Crippen LogP contribution in [0.1, 0.15) is 41.9 Å². The predicted octanol–water partition coefficient (Wildman–Crippen LogP) is 2.70. The Labute approximate surface area is 107 Å². The Morgan fingerprint density at radius 2 is 2.11 bits per heavy atom. The van der Waals surface area contributed by atoms with Gasteiger partial charge in [0.15, 0.2) is 0 Å². The number of benzene rings is 1. The van der Waals surface area contributed by atoms with Crippen LogP contribution in [0.15, 0.2) is 30.3 Å². The van der Waals surface area contributed by atoms with Gasteiger partial charge in [-0.25, -0.2) is 9.97 Å². The molecule has 1 atom stereocenters. The van der Waals surface area contributed by atoms with Crippen LogP contribution in [0.2, 0.25) is 0 Å². The minimum Gasteiger partial charge on any atom is -0.384 e. The zero-order valence-corrected chi connectivity index (χ0v) is 10.6. The molecule has 1 aromatic heterocycles. The molecule has 1 unspecified atom stereocenters. The summed E-state index contributed by atoms with van der Waals surface area (Å²) in [5.41, 5.74) is 9.69. The van der Waals surface area contributed by atoms with Crippen molar-refractivity contribution in [3.63, 3.8) is 0 Å². The Morgan fingerprint density at radius 3 is 2.94 bits per heavy atom. The fraction of sp³-hybridized carbons (Fsp3) is 0.333. The summed E-state index contributed by atoms with van der Waals surface area (Å²) >= 11 is 0. The fourth-order valence-electron chi connectivity index (χ4n) is 2.70. The van der Waals surface area contributed by atoms with Gasteiger partial charge in [0.25, 0.3) is 0 Å². The average Bonchev–Trinajstić information content (AvgIpc) is 2.81. The second kappa shape index (κ2) is 4.41. The number of rotatable bonds is 2. The van der Waals surface area contributed by atoms with E-state index < -0.39 is 0 Å². The molecule has 2 N–H and O–H groups in total. The molecule has 0 bridgehead atoms. The van der Waals surface area contributed by atoms with Gasteiger partial charge in [-0.05, 0) is 30.4 Å². The Bertz CT molecular complexity index is 578. The number of nitrogens with two attached hydrogens (primary N) is 1. The zero-order chi connectivity index (χ0) is 12.5. The van der Waals surface area contributed by atoms with Crippen molar-refractivity contribution in [1.82, 2.24) is 9.97 Å². The Hall–Kier alpha value is -1.90. The van der Waals surface area contributed by atoms with Crippen molar-refractivity contribution in [3.05, 3.63) is 53.0 Å². The second-order valence-electron chi connectivity index (χ2n) is 4.79. The zero-order valence-electron chi connectivity index (χ0n) is 10.6. The van der Waals surface area contributed by atoms with Crippen LogP contribution in [0, 0.1) is 0 Å². The molecule has 18 heavy (non-hydrogen) atoms. The predicted molar refractivity (Wildman–Crippen MR) is 72.4 cm³/mol. The van der Waals surface area contributed by atoms with E-state index in [1.807, 2.05) is 6.07 Å². The molecule has 3 nitrogen and oxygen atoms in total. The second-order valence-corrected chi connectivity index (χ2v) is 4.79. The van der Waals surface area contributed by atoms with Gasteiger partial charge < -0.3 is 5.73 Å². The number of nitrogen functional groups attached to an aromatic ring is 1. The lowest BCUT2D eigenvalue weighted by molar-refractivity contribution is 0.721. The Morgan fingerprint density at radius 1 is 1.28 bits per heavy atom. The molecule has 1 aromatic carbocycles. The van der Waals surface area contributed by atoms with Crippen molar-refractivity contribution >= 4 is 5.82 Å². The summed E-state index contributed by atoms with van der Waals surface area (Å²) in [5.74, 6) is 1.79. The summed E-state index contributed by atoms with van der Waals surface area (Å²) in [6.45, 7) is 2.09. The van der Waals surface area contributed by atoms with Gasteiger partial charge in [0.05, 0.1) is 0 Å². The van der Waals surface area contributed by atoms with Crippen LogP contribution in [-0.2, 0) is 12.8 Å². The minimum absolute atomic E-state index is 0.315. The lowest BCUT2D eigenvalue weighted by Gasteiger charge is -2.12. The van der Waals surface area contributed by atoms with Crippen molar-refractivity contribution in [2.24, 2.45) is 0 Å². The number of hydrogen-bond donors (Lipinski definition) is 1. The van der Waals surface area contributed by atoms with Gasteiger partial charge in [0, 0.05) is 17.7 Å². The van der Waals surface area contributed by atoms with E-state index in [-0.39, 0.29) is 0 Å². The number of nitrogens with zero attached hydrogens (tertiary/aromatic N) is 2. The number of anilines is 1. The Kier molecular flexibility index (Phi) is 2.74. The van der Waals surface area contributed by atoms with E-state index in [0.29, 0.717) is 11.7 Å². The lowest BCUT2D eigenvalue weighted by Crippen LogP contribution is -2.07. The van der Waals surface area contributed by atoms with Crippen LogP contribution >= 0.6 is 0 Å². The van der Waals surface area contributed by atoms with Gasteiger partial charge in [-0.3, -0.25) is 0 Å². The smallest absolute Gasteiger partial charge is 0.138 e. The summed E-state index contributed by atoms with van der Waals surface area (Å²) in [6, 6.07) is 10.4. The third-order valence-electron chi connectivity index (χ3n) is 3.62. The van der Waals surface area contributed by atoms with E-state index in [4.69, 9.17) is 5.73 Å². The number of aryl methyl sites for hydroxylation is 2. The number of fused-ring (bicyclic) bond motifs is 1. The molecule has 0 aliphatic heterocycles. The number of aromatic nitrogens is 2. The summed E-state index contributed by atoms with van der Waals surface area (Å²) in [6.07, 6.45) is 3.10. The summed E-state index contributed by atoms with van der Waals surface area (Å²) in [5, 5.41) is 0. The first-order valence-corrected chi connectivity index (χ1v) is 6.49. The van der Waals surface area contributed by atoms with Gasteiger partial charge >= 0.3 is 0 Å². The maximum absolute atomic E-state index is 5.87. The van der Waals surface area contributed by atoms with E-state index in [1.54, 1.807) is 0 Å². The molecule has 3 heteroatoms. The van der Waals surface area contributed by atoms with E-state index in [9.17, 15) is 0 Å². The first-order valence-electron chi connectivity index (χ1n) is 6.49. The van der Waals surface area contributed by atoms with Gasteiger partial charge in [-0.2, -0.15) is 0 Å². The molecule has 0 radical (unpaired) electrons. The van der Waals surface area contributed by atoms with E-state index in [0.717, 1.165) is 30.8 Å². The molecule has 1 heterocycles. The maximum atomic E-state index is 5.87. The Balaban J connectivity index is 2.04. The van der Waals surface area contributed by atoms with Crippen LogP contribution in [0.25, 0.3) is 0 Å². The van der Waals surface area contributed by atoms with Crippen molar-refractivity contribution in [3.8, 4) is 0 Å². The van der Waals surface area contributed by atoms with Gasteiger partial charge in [0.2, 0.25) is 0 Å². The normalized spacial score (nSPS) is 17.7. The minimum atomic E-state index is 0.315. The fourth-order valence-corrected chi connectivity index (χ4v) is 2.70. The summed E-state index contributed by atoms with van der Waals surface area (Å²) < 4.78 is 0. The molecule has 1 aliphatic carbocycles. The molecule has 0 saturated carbocycles. The van der Waals surface area contributed by atoms with Crippen LogP contribution in [0.4, 0.5) is 5.82 Å². The molecule has 3 rings (SSSR count). The first kappa shape index (κ1) is 11.2. The summed E-state index contributed by atoms with van der Waals surface area (Å²) in [4.78, 5) is 9.07. The molecule has 92 valence electrons. The standard InChI is InChI=1S/C15H17N3/c1-2-11-9-14(16)18-15(17-11)13-8-7-10-5-3-4-6-12(10)13/h3-6,9,13H,2,7-8H2,1H3,(H2,16,17,18). The monoisotopic (exact) mass is 239 g/mol. The lowest BCUT2D eigenvalue weighted by atomic mass is 10.0. The molecule has 2 aromatic rings. The molecule has 0 fully saturated rings. The van der Waals surface area contributed by atoms with Crippen LogP contribution < -0.4 is 5.73 Å². The van der Waals surface area contributed by atoms with Crippen LogP contribution in [-0.4, -0.2) is 9.97 Å². The maximum Gasteiger partial charge on any atom is 0.138 e. The molecule has 1 aliphatic rings. The highest BCUT2D eigenvalue weighted by atomic mass is 15.0. The molecular formula is C15H17N3. The molecule has 0 saturated heterocycles. The SMILES string of the molecule is CCc1cc(N)nc(C2CCc3ccccc32)n1. The van der Waals surface area contributed by atoms with Crippen LogP contribution in [0.3, 0.4) is 0 Å². The topological polar surface area (TPSA) is 51.8 Å². The van der Waals surface area contributed by atoms with Crippen molar-refractivity contribution in [2.45, 2.75) is 32.1 Å². The van der Waals surface area contributed by atoms with E-state index in [1.165, 1.54) is 11.1 Å². The van der Waals surface area contributed by atoms with Gasteiger partial charge in [0.1, 0.15) is 11.6 Å². The first-order chi connectivity index (χ1) is 8.78. The van der Waals surface area contributed by atoms with Crippen LogP contribution in [0.5, 0.6) is 0 Å². The average molecular weight is 239 g/mol. The largest absolute Gasteiger partial charge is 0.384 e. The van der Waals surface area contributed by atoms with Gasteiger partial charge in [-0.1, -0.05) is 31.2 Å². The van der Waals surface area contributed by atoms with Gasteiger partial charge in [-0.15, -0.1) is 0 Å². The quantitative estimate of drug-likeness (QED) is 0.876. The summed E-state index contributed by atoms with van der Waals surface area (Å²) in [7, 11) is 0. The van der Waals surface area contributed by atoms with E-state index >= 15 is 0 Å². The highest BCUT2D eigenvalue weighted by Crippen LogP contribution is 2.36. The van der Waals surface area contributed by atoms with Crippen molar-refractivity contribution in [2.75, 3.05) is 5.73 Å². The molecular weight excluding hydrogens is 222 g/mol. The van der Waals surface area contributed by atoms with Crippen molar-refractivity contribution in [1.29, 1.82) is 0 Å².